The van der Waals surface area contributed by atoms with Gasteiger partial charge < -0.3 is 5.11 Å². The number of hydrogen-bond donors (Lipinski definition) is 2. The van der Waals surface area contributed by atoms with Gasteiger partial charge in [-0.1, -0.05) is 20.8 Å². The molecule has 0 heterocycles. The number of aliphatic hydroxyl groups is 1. The molecule has 1 rings (SSSR count). The van der Waals surface area contributed by atoms with E-state index >= 15 is 0 Å². The highest BCUT2D eigenvalue weighted by Crippen LogP contribution is 2.23. The lowest BCUT2D eigenvalue weighted by Crippen LogP contribution is -2.34. The molecule has 0 radical (unpaired) electrons. The Morgan fingerprint density at radius 2 is 1.90 bits per heavy atom. The third-order valence-corrected chi connectivity index (χ3v) is 4.71. The van der Waals surface area contributed by atoms with Gasteiger partial charge in [0, 0.05) is 6.54 Å². The van der Waals surface area contributed by atoms with E-state index in [1.165, 1.54) is 0 Å². The van der Waals surface area contributed by atoms with Crippen molar-refractivity contribution < 1.29 is 22.3 Å². The number of hydrogen-bond acceptors (Lipinski definition) is 3. The average molecular weight is 307 g/mol. The lowest BCUT2D eigenvalue weighted by Gasteiger charge is -2.23. The van der Waals surface area contributed by atoms with Gasteiger partial charge in [0.15, 0.2) is 5.82 Å². The molecule has 0 atom stereocenters. The molecule has 0 fully saturated rings. The first-order chi connectivity index (χ1) is 9.14. The normalized spacial score (nSPS) is 12.7. The van der Waals surface area contributed by atoms with Gasteiger partial charge in [0.2, 0.25) is 10.0 Å². The minimum atomic E-state index is -4.09. The van der Waals surface area contributed by atoms with Gasteiger partial charge in [-0.25, -0.2) is 21.9 Å². The second-order valence-corrected chi connectivity index (χ2v) is 7.07. The van der Waals surface area contributed by atoms with Crippen molar-refractivity contribution in [2.75, 3.05) is 6.54 Å². The molecule has 2 N–H and O–H groups in total. The van der Waals surface area contributed by atoms with Gasteiger partial charge in [-0.3, -0.25) is 0 Å². The van der Waals surface area contributed by atoms with Crippen LogP contribution in [-0.2, 0) is 16.6 Å². The molecule has 1 aromatic carbocycles. The van der Waals surface area contributed by atoms with E-state index in [1.54, 1.807) is 0 Å². The van der Waals surface area contributed by atoms with Crippen molar-refractivity contribution in [3.05, 3.63) is 29.3 Å². The van der Waals surface area contributed by atoms with Crippen LogP contribution >= 0.6 is 0 Å². The number of sulfonamides is 1. The van der Waals surface area contributed by atoms with Crippen molar-refractivity contribution in [3.63, 3.8) is 0 Å². The van der Waals surface area contributed by atoms with E-state index in [0.29, 0.717) is 0 Å². The number of rotatable bonds is 6. The Labute approximate surface area is 117 Å². The molecule has 4 nitrogen and oxygen atoms in total. The Morgan fingerprint density at radius 3 is 2.40 bits per heavy atom. The topological polar surface area (TPSA) is 66.4 Å². The van der Waals surface area contributed by atoms with Crippen LogP contribution in [0.1, 0.15) is 32.8 Å². The minimum Gasteiger partial charge on any atom is -0.391 e. The number of halogens is 2. The summed E-state index contributed by atoms with van der Waals surface area (Å²) in [6.45, 7) is 4.89. The highest BCUT2D eigenvalue weighted by molar-refractivity contribution is 7.89. The van der Waals surface area contributed by atoms with Gasteiger partial charge in [-0.2, -0.15) is 0 Å². The fourth-order valence-corrected chi connectivity index (χ4v) is 2.76. The highest BCUT2D eigenvalue weighted by atomic mass is 32.2. The molecule has 0 amide bonds. The van der Waals surface area contributed by atoms with Crippen LogP contribution in [0, 0.1) is 17.0 Å². The molecule has 0 aliphatic carbocycles. The first kappa shape index (κ1) is 17.0. The van der Waals surface area contributed by atoms with Crippen LogP contribution in [0.3, 0.4) is 0 Å². The standard InChI is InChI=1S/C13H19F2NO3S/c1-4-13(2,3)8-16-20(18,19)11-6-5-10(14)9(7-17)12(11)15/h5-6,16-17H,4,7-8H2,1-3H3. The zero-order chi connectivity index (χ0) is 15.6. The fraction of sp³-hybridized carbons (Fsp3) is 0.538. The summed E-state index contributed by atoms with van der Waals surface area (Å²) in [5.41, 5.74) is -0.925. The molecule has 0 aromatic heterocycles. The van der Waals surface area contributed by atoms with Crippen molar-refractivity contribution in [1.82, 2.24) is 4.72 Å². The zero-order valence-electron chi connectivity index (χ0n) is 11.7. The molecule has 0 bridgehead atoms. The largest absolute Gasteiger partial charge is 0.391 e. The van der Waals surface area contributed by atoms with E-state index in [4.69, 9.17) is 5.11 Å². The highest BCUT2D eigenvalue weighted by Gasteiger charge is 2.25. The van der Waals surface area contributed by atoms with Crippen molar-refractivity contribution >= 4 is 10.0 Å². The van der Waals surface area contributed by atoms with Crippen LogP contribution in [0.2, 0.25) is 0 Å². The minimum absolute atomic E-state index is 0.136. The Hall–Kier alpha value is -1.05. The second-order valence-electron chi connectivity index (χ2n) is 5.34. The van der Waals surface area contributed by atoms with E-state index in [-0.39, 0.29) is 12.0 Å². The molecule has 114 valence electrons. The maximum absolute atomic E-state index is 13.9. The van der Waals surface area contributed by atoms with Gasteiger partial charge >= 0.3 is 0 Å². The second kappa shape index (κ2) is 6.15. The van der Waals surface area contributed by atoms with Crippen molar-refractivity contribution in [3.8, 4) is 0 Å². The Bertz CT molecular complexity index is 586. The average Bonchev–Trinajstić information content (AvgIpc) is 2.37. The molecule has 0 unspecified atom stereocenters. The first-order valence-electron chi connectivity index (χ1n) is 6.22. The number of nitrogens with one attached hydrogen (secondary N) is 1. The molecular weight excluding hydrogens is 288 g/mol. The van der Waals surface area contributed by atoms with E-state index in [9.17, 15) is 17.2 Å². The maximum Gasteiger partial charge on any atom is 0.243 e. The third kappa shape index (κ3) is 3.74. The van der Waals surface area contributed by atoms with E-state index in [1.807, 2.05) is 20.8 Å². The summed E-state index contributed by atoms with van der Waals surface area (Å²) in [6.07, 6.45) is 0.739. The summed E-state index contributed by atoms with van der Waals surface area (Å²) in [4.78, 5) is -0.658. The molecule has 7 heteroatoms. The van der Waals surface area contributed by atoms with Crippen LogP contribution < -0.4 is 4.72 Å². The van der Waals surface area contributed by atoms with Crippen LogP contribution in [0.15, 0.2) is 17.0 Å². The van der Waals surface area contributed by atoms with Crippen molar-refractivity contribution in [2.45, 2.75) is 38.7 Å². The van der Waals surface area contributed by atoms with Crippen molar-refractivity contribution in [1.29, 1.82) is 0 Å². The molecule has 0 spiro atoms. The summed E-state index contributed by atoms with van der Waals surface area (Å²) in [5, 5.41) is 8.89. The summed E-state index contributed by atoms with van der Waals surface area (Å²) in [6, 6.07) is 1.68. The maximum atomic E-state index is 13.9. The lowest BCUT2D eigenvalue weighted by atomic mass is 9.91. The van der Waals surface area contributed by atoms with Crippen LogP contribution in [0.4, 0.5) is 8.78 Å². The van der Waals surface area contributed by atoms with E-state index < -0.39 is 38.7 Å². The van der Waals surface area contributed by atoms with E-state index in [2.05, 4.69) is 4.72 Å². The molecule has 0 aliphatic heterocycles. The summed E-state index contributed by atoms with van der Waals surface area (Å²) >= 11 is 0. The van der Waals surface area contributed by atoms with Crippen molar-refractivity contribution in [2.24, 2.45) is 5.41 Å². The van der Waals surface area contributed by atoms with Gasteiger partial charge in [-0.15, -0.1) is 0 Å². The summed E-state index contributed by atoms with van der Waals surface area (Å²) in [7, 11) is -4.09. The van der Waals surface area contributed by atoms with Gasteiger partial charge in [0.25, 0.3) is 0 Å². The molecule has 20 heavy (non-hydrogen) atoms. The molecule has 0 aliphatic rings. The fourth-order valence-electron chi connectivity index (χ4n) is 1.42. The van der Waals surface area contributed by atoms with E-state index in [0.717, 1.165) is 18.6 Å². The molecular formula is C13H19F2NO3S. The smallest absolute Gasteiger partial charge is 0.243 e. The van der Waals surface area contributed by atoms with Gasteiger partial charge in [0.05, 0.1) is 12.2 Å². The molecule has 0 saturated carbocycles. The Kier molecular flexibility index (Phi) is 5.23. The van der Waals surface area contributed by atoms with Gasteiger partial charge in [0.1, 0.15) is 10.7 Å². The zero-order valence-corrected chi connectivity index (χ0v) is 12.5. The lowest BCUT2D eigenvalue weighted by molar-refractivity contribution is 0.267. The quantitative estimate of drug-likeness (QED) is 0.846. The van der Waals surface area contributed by atoms with Crippen LogP contribution in [-0.4, -0.2) is 20.1 Å². The van der Waals surface area contributed by atoms with Crippen LogP contribution in [0.25, 0.3) is 0 Å². The van der Waals surface area contributed by atoms with Crippen LogP contribution in [0.5, 0.6) is 0 Å². The SMILES string of the molecule is CCC(C)(C)CNS(=O)(=O)c1ccc(F)c(CO)c1F. The molecule has 1 aromatic rings. The number of aliphatic hydroxyl groups excluding tert-OH is 1. The first-order valence-corrected chi connectivity index (χ1v) is 7.70. The third-order valence-electron chi connectivity index (χ3n) is 3.30. The monoisotopic (exact) mass is 307 g/mol. The molecule has 0 saturated heterocycles. The summed E-state index contributed by atoms with van der Waals surface area (Å²) < 4.78 is 53.5. The predicted octanol–water partition coefficient (Wildman–Crippen LogP) is 2.17. The number of benzene rings is 1. The summed E-state index contributed by atoms with van der Waals surface area (Å²) in [5.74, 6) is -2.23. The predicted molar refractivity (Wildman–Crippen MR) is 71.5 cm³/mol. The van der Waals surface area contributed by atoms with Gasteiger partial charge in [-0.05, 0) is 24.0 Å². The Morgan fingerprint density at radius 1 is 1.30 bits per heavy atom. The Balaban J connectivity index is 3.11.